The molecular formula is C13H10F2OS. The highest BCUT2D eigenvalue weighted by Gasteiger charge is 2.08. The van der Waals surface area contributed by atoms with Crippen molar-refractivity contribution in [1.82, 2.24) is 0 Å². The first-order chi connectivity index (χ1) is 8.20. The molecule has 0 aliphatic rings. The topological polar surface area (TPSA) is 20.2 Å². The average Bonchev–Trinajstić information content (AvgIpc) is 2.32. The minimum atomic E-state index is -0.431. The third-order valence-corrected chi connectivity index (χ3v) is 3.39. The van der Waals surface area contributed by atoms with Crippen molar-refractivity contribution in [2.75, 3.05) is 0 Å². The highest BCUT2D eigenvalue weighted by Crippen LogP contribution is 2.31. The van der Waals surface area contributed by atoms with Crippen molar-refractivity contribution in [3.05, 3.63) is 59.7 Å². The zero-order chi connectivity index (χ0) is 12.3. The maximum atomic E-state index is 13.4. The van der Waals surface area contributed by atoms with Crippen molar-refractivity contribution in [1.29, 1.82) is 0 Å². The second kappa shape index (κ2) is 5.29. The van der Waals surface area contributed by atoms with Gasteiger partial charge in [0.25, 0.3) is 0 Å². The smallest absolute Gasteiger partial charge is 0.129 e. The zero-order valence-electron chi connectivity index (χ0n) is 8.86. The van der Waals surface area contributed by atoms with Gasteiger partial charge in [0.2, 0.25) is 0 Å². The molecule has 1 nitrogen and oxygen atoms in total. The van der Waals surface area contributed by atoms with E-state index in [1.54, 1.807) is 24.3 Å². The van der Waals surface area contributed by atoms with Crippen LogP contribution in [0.2, 0.25) is 0 Å². The monoisotopic (exact) mass is 252 g/mol. The summed E-state index contributed by atoms with van der Waals surface area (Å²) < 4.78 is 26.1. The molecule has 88 valence electrons. The molecule has 2 aromatic rings. The summed E-state index contributed by atoms with van der Waals surface area (Å²) in [6, 6.07) is 10.5. The molecule has 0 fully saturated rings. The van der Waals surface area contributed by atoms with Gasteiger partial charge < -0.3 is 5.11 Å². The first-order valence-corrected chi connectivity index (χ1v) is 5.84. The summed E-state index contributed by atoms with van der Waals surface area (Å²) in [5.74, 6) is -0.740. The fourth-order valence-corrected chi connectivity index (χ4v) is 2.38. The molecule has 2 aromatic carbocycles. The van der Waals surface area contributed by atoms with E-state index >= 15 is 0 Å². The number of aliphatic hydroxyl groups is 1. The lowest BCUT2D eigenvalue weighted by Crippen LogP contribution is -1.92. The summed E-state index contributed by atoms with van der Waals surface area (Å²) >= 11 is 1.29. The Balaban J connectivity index is 2.29. The summed E-state index contributed by atoms with van der Waals surface area (Å²) in [7, 11) is 0. The summed E-state index contributed by atoms with van der Waals surface area (Å²) in [5, 5.41) is 9.11. The standard InChI is InChI=1S/C13H10F2OS/c14-9-4-6-10(7-5-9)17-13-3-1-2-12(15)11(13)8-16/h1-7,16H,8H2. The molecule has 4 heteroatoms. The molecule has 0 saturated heterocycles. The van der Waals surface area contributed by atoms with Crippen molar-refractivity contribution in [2.24, 2.45) is 0 Å². The Kier molecular flexibility index (Phi) is 3.76. The first kappa shape index (κ1) is 12.1. The predicted octanol–water partition coefficient (Wildman–Crippen LogP) is 3.61. The Morgan fingerprint density at radius 2 is 1.71 bits per heavy atom. The Bertz CT molecular complexity index is 511. The molecule has 17 heavy (non-hydrogen) atoms. The lowest BCUT2D eigenvalue weighted by atomic mass is 10.2. The summed E-state index contributed by atoms with van der Waals surface area (Å²) in [6.45, 7) is -0.351. The van der Waals surface area contributed by atoms with Crippen LogP contribution in [0.4, 0.5) is 8.78 Å². The van der Waals surface area contributed by atoms with Crippen LogP contribution in [-0.2, 0) is 6.61 Å². The van der Waals surface area contributed by atoms with E-state index < -0.39 is 5.82 Å². The molecule has 0 unspecified atom stereocenters. The second-order valence-corrected chi connectivity index (χ2v) is 4.55. The van der Waals surface area contributed by atoms with Crippen LogP contribution in [0.3, 0.4) is 0 Å². The lowest BCUT2D eigenvalue weighted by Gasteiger charge is -2.07. The largest absolute Gasteiger partial charge is 0.392 e. The summed E-state index contributed by atoms with van der Waals surface area (Å²) in [5.41, 5.74) is 0.266. The van der Waals surface area contributed by atoms with Gasteiger partial charge in [0.05, 0.1) is 6.61 Å². The second-order valence-electron chi connectivity index (χ2n) is 3.43. The molecule has 0 aliphatic carbocycles. The van der Waals surface area contributed by atoms with Crippen LogP contribution in [0.25, 0.3) is 0 Å². The molecule has 0 atom stereocenters. The molecule has 0 spiro atoms. The number of hydrogen-bond acceptors (Lipinski definition) is 2. The molecule has 0 bridgehead atoms. The van der Waals surface area contributed by atoms with Gasteiger partial charge >= 0.3 is 0 Å². The zero-order valence-corrected chi connectivity index (χ0v) is 9.68. The molecule has 0 radical (unpaired) electrons. The van der Waals surface area contributed by atoms with Crippen LogP contribution < -0.4 is 0 Å². The minimum Gasteiger partial charge on any atom is -0.392 e. The highest BCUT2D eigenvalue weighted by atomic mass is 32.2. The number of aliphatic hydroxyl groups excluding tert-OH is 1. The van der Waals surface area contributed by atoms with Gasteiger partial charge in [-0.25, -0.2) is 8.78 Å². The quantitative estimate of drug-likeness (QED) is 0.900. The Labute approximate surface area is 102 Å². The van der Waals surface area contributed by atoms with Crippen LogP contribution in [0.5, 0.6) is 0 Å². The highest BCUT2D eigenvalue weighted by molar-refractivity contribution is 7.99. The van der Waals surface area contributed by atoms with E-state index in [4.69, 9.17) is 5.11 Å². The van der Waals surface area contributed by atoms with Crippen LogP contribution in [-0.4, -0.2) is 5.11 Å². The van der Waals surface area contributed by atoms with E-state index in [2.05, 4.69) is 0 Å². The molecule has 0 saturated carbocycles. The van der Waals surface area contributed by atoms with Crippen LogP contribution in [0, 0.1) is 11.6 Å². The molecular weight excluding hydrogens is 242 g/mol. The van der Waals surface area contributed by atoms with Crippen LogP contribution >= 0.6 is 11.8 Å². The van der Waals surface area contributed by atoms with E-state index in [0.717, 1.165) is 4.90 Å². The number of rotatable bonds is 3. The maximum absolute atomic E-state index is 13.4. The van der Waals surface area contributed by atoms with Gasteiger partial charge in [0, 0.05) is 15.4 Å². The van der Waals surface area contributed by atoms with Gasteiger partial charge in [-0.2, -0.15) is 0 Å². The van der Waals surface area contributed by atoms with Gasteiger partial charge in [-0.1, -0.05) is 17.8 Å². The fourth-order valence-electron chi connectivity index (χ4n) is 1.42. The third-order valence-electron chi connectivity index (χ3n) is 2.28. The fraction of sp³-hybridized carbons (Fsp3) is 0.0769. The molecule has 0 aliphatic heterocycles. The van der Waals surface area contributed by atoms with E-state index in [9.17, 15) is 8.78 Å². The molecule has 2 rings (SSSR count). The Morgan fingerprint density at radius 1 is 1.00 bits per heavy atom. The third kappa shape index (κ3) is 2.84. The predicted molar refractivity (Wildman–Crippen MR) is 62.8 cm³/mol. The Hall–Kier alpha value is -1.39. The Morgan fingerprint density at radius 3 is 2.35 bits per heavy atom. The molecule has 0 heterocycles. The normalized spacial score (nSPS) is 10.5. The first-order valence-electron chi connectivity index (χ1n) is 5.02. The number of hydrogen-bond donors (Lipinski definition) is 1. The van der Waals surface area contributed by atoms with Crippen molar-refractivity contribution in [2.45, 2.75) is 16.4 Å². The van der Waals surface area contributed by atoms with Crippen LogP contribution in [0.15, 0.2) is 52.3 Å². The minimum absolute atomic E-state index is 0.266. The molecule has 1 N–H and O–H groups in total. The van der Waals surface area contributed by atoms with Crippen molar-refractivity contribution in [3.8, 4) is 0 Å². The summed E-state index contributed by atoms with van der Waals surface area (Å²) in [6.07, 6.45) is 0. The molecule has 0 amide bonds. The number of halogens is 2. The molecule has 0 aromatic heterocycles. The van der Waals surface area contributed by atoms with Crippen molar-refractivity contribution >= 4 is 11.8 Å². The van der Waals surface area contributed by atoms with E-state index in [1.807, 2.05) is 0 Å². The van der Waals surface area contributed by atoms with E-state index in [0.29, 0.717) is 4.90 Å². The van der Waals surface area contributed by atoms with Gasteiger partial charge in [-0.3, -0.25) is 0 Å². The van der Waals surface area contributed by atoms with E-state index in [-0.39, 0.29) is 18.0 Å². The maximum Gasteiger partial charge on any atom is 0.129 e. The van der Waals surface area contributed by atoms with Crippen molar-refractivity contribution < 1.29 is 13.9 Å². The van der Waals surface area contributed by atoms with Gasteiger partial charge in [0.1, 0.15) is 11.6 Å². The van der Waals surface area contributed by atoms with Gasteiger partial charge in [-0.05, 0) is 36.4 Å². The van der Waals surface area contributed by atoms with Crippen molar-refractivity contribution in [3.63, 3.8) is 0 Å². The summed E-state index contributed by atoms with van der Waals surface area (Å²) in [4.78, 5) is 1.44. The van der Waals surface area contributed by atoms with E-state index in [1.165, 1.54) is 30.0 Å². The SMILES string of the molecule is OCc1c(F)cccc1Sc1ccc(F)cc1. The lowest BCUT2D eigenvalue weighted by molar-refractivity contribution is 0.272. The van der Waals surface area contributed by atoms with Crippen LogP contribution in [0.1, 0.15) is 5.56 Å². The number of benzene rings is 2. The average molecular weight is 252 g/mol. The van der Waals surface area contributed by atoms with Gasteiger partial charge in [-0.15, -0.1) is 0 Å². The van der Waals surface area contributed by atoms with Gasteiger partial charge in [0.15, 0.2) is 0 Å².